The Hall–Kier alpha value is -3.22. The zero-order valence-corrected chi connectivity index (χ0v) is 14.2. The average molecular weight is 342 g/mol. The Labute approximate surface area is 145 Å². The molecule has 0 fully saturated rings. The minimum Gasteiger partial charge on any atom is -0.497 e. The number of amides is 2. The number of methoxy groups -OCH3 is 2. The van der Waals surface area contributed by atoms with Crippen LogP contribution in [-0.4, -0.2) is 39.7 Å². The number of carbonyl (C=O) groups is 2. The minimum absolute atomic E-state index is 0.0199. The molecule has 7 nitrogen and oxygen atoms in total. The number of fused-ring (bicyclic) bond motifs is 1. The number of benzene rings is 2. The smallest absolute Gasteiger partial charge is 0.264 e. The molecule has 0 aromatic heterocycles. The van der Waals surface area contributed by atoms with E-state index in [1.807, 2.05) is 0 Å². The summed E-state index contributed by atoms with van der Waals surface area (Å²) in [5.74, 6) is 1.03. The highest BCUT2D eigenvalue weighted by molar-refractivity contribution is 6.09. The van der Waals surface area contributed by atoms with Crippen LogP contribution in [0.25, 0.3) is 0 Å². The number of para-hydroxylation sites is 1. The van der Waals surface area contributed by atoms with Crippen LogP contribution in [0.3, 0.4) is 0 Å². The van der Waals surface area contributed by atoms with Crippen LogP contribution in [0.4, 0.5) is 11.4 Å². The van der Waals surface area contributed by atoms with E-state index in [1.54, 1.807) is 43.4 Å². The first kappa shape index (κ1) is 16.6. The fraction of sp³-hybridized carbons (Fsp3) is 0.222. The molecule has 0 saturated carbocycles. The van der Waals surface area contributed by atoms with Crippen molar-refractivity contribution in [2.75, 3.05) is 38.1 Å². The molecular weight excluding hydrogens is 324 g/mol. The molecule has 3 rings (SSSR count). The summed E-state index contributed by atoms with van der Waals surface area (Å²) in [6.07, 6.45) is 0. The third kappa shape index (κ3) is 3.21. The van der Waals surface area contributed by atoms with Crippen molar-refractivity contribution < 1.29 is 23.8 Å². The second-order valence-electron chi connectivity index (χ2n) is 5.45. The third-order valence-electron chi connectivity index (χ3n) is 3.92. The summed E-state index contributed by atoms with van der Waals surface area (Å²) in [5, 5.41) is 2.82. The fourth-order valence-corrected chi connectivity index (χ4v) is 2.58. The first-order valence-electron chi connectivity index (χ1n) is 7.60. The van der Waals surface area contributed by atoms with Gasteiger partial charge in [-0.3, -0.25) is 9.59 Å². The quantitative estimate of drug-likeness (QED) is 0.923. The van der Waals surface area contributed by atoms with E-state index < -0.39 is 0 Å². The van der Waals surface area contributed by atoms with Crippen LogP contribution in [0.1, 0.15) is 10.4 Å². The van der Waals surface area contributed by atoms with Gasteiger partial charge < -0.3 is 24.4 Å². The van der Waals surface area contributed by atoms with E-state index >= 15 is 0 Å². The molecule has 0 aliphatic carbocycles. The number of ether oxygens (including phenoxy) is 3. The van der Waals surface area contributed by atoms with Crippen LogP contribution in [0.2, 0.25) is 0 Å². The number of hydrogen-bond donors (Lipinski definition) is 1. The largest absolute Gasteiger partial charge is 0.497 e. The zero-order valence-electron chi connectivity index (χ0n) is 14.2. The topological polar surface area (TPSA) is 77.1 Å². The standard InChI is InChI=1S/C18H18N2O5/c1-20-16(21)10-25-15-6-4-5-14(17(15)20)19-18(22)11-7-12(23-2)9-13(8-11)24-3/h4-9H,10H2,1-3H3,(H,19,22). The zero-order chi connectivity index (χ0) is 18.0. The van der Waals surface area contributed by atoms with Gasteiger partial charge in [-0.25, -0.2) is 0 Å². The highest BCUT2D eigenvalue weighted by Gasteiger charge is 2.26. The van der Waals surface area contributed by atoms with Gasteiger partial charge in [0.25, 0.3) is 11.8 Å². The summed E-state index contributed by atoms with van der Waals surface area (Å²) in [6.45, 7) is -0.0199. The van der Waals surface area contributed by atoms with E-state index in [4.69, 9.17) is 14.2 Å². The first-order chi connectivity index (χ1) is 12.0. The number of carbonyl (C=O) groups excluding carboxylic acids is 2. The Morgan fingerprint density at radius 1 is 1.16 bits per heavy atom. The second kappa shape index (κ2) is 6.72. The normalized spacial score (nSPS) is 12.9. The van der Waals surface area contributed by atoms with Crippen molar-refractivity contribution in [1.29, 1.82) is 0 Å². The summed E-state index contributed by atoms with van der Waals surface area (Å²) in [6, 6.07) is 10.1. The molecule has 2 aromatic carbocycles. The van der Waals surface area contributed by atoms with Gasteiger partial charge in [0.1, 0.15) is 22.9 Å². The molecule has 0 atom stereocenters. The molecule has 0 radical (unpaired) electrons. The molecule has 0 bridgehead atoms. The van der Waals surface area contributed by atoms with Crippen LogP contribution < -0.4 is 24.4 Å². The Bertz CT molecular complexity index is 812. The lowest BCUT2D eigenvalue weighted by Crippen LogP contribution is -2.36. The SMILES string of the molecule is COc1cc(OC)cc(C(=O)Nc2cccc3c2N(C)C(=O)CO3)c1. The molecule has 2 amide bonds. The third-order valence-corrected chi connectivity index (χ3v) is 3.92. The predicted octanol–water partition coefficient (Wildman–Crippen LogP) is 2.31. The minimum atomic E-state index is -0.350. The number of rotatable bonds is 4. The van der Waals surface area contributed by atoms with Crippen LogP contribution in [0, 0.1) is 0 Å². The van der Waals surface area contributed by atoms with E-state index in [1.165, 1.54) is 19.1 Å². The highest BCUT2D eigenvalue weighted by Crippen LogP contribution is 2.38. The molecule has 1 aliphatic heterocycles. The number of hydrogen-bond acceptors (Lipinski definition) is 5. The molecule has 0 spiro atoms. The molecule has 1 aliphatic rings. The van der Waals surface area contributed by atoms with E-state index in [2.05, 4.69) is 5.32 Å². The van der Waals surface area contributed by atoms with Crippen LogP contribution in [0.5, 0.6) is 17.2 Å². The summed E-state index contributed by atoms with van der Waals surface area (Å²) in [4.78, 5) is 26.0. The van der Waals surface area contributed by atoms with Gasteiger partial charge >= 0.3 is 0 Å². The molecular formula is C18H18N2O5. The van der Waals surface area contributed by atoms with Crippen molar-refractivity contribution in [3.8, 4) is 17.2 Å². The van der Waals surface area contributed by atoms with Crippen molar-refractivity contribution >= 4 is 23.2 Å². The van der Waals surface area contributed by atoms with Gasteiger partial charge in [0.15, 0.2) is 6.61 Å². The van der Waals surface area contributed by atoms with Crippen molar-refractivity contribution in [3.05, 3.63) is 42.0 Å². The molecule has 130 valence electrons. The number of likely N-dealkylation sites (N-methyl/N-ethyl adjacent to an activating group) is 1. The second-order valence-corrected chi connectivity index (χ2v) is 5.45. The van der Waals surface area contributed by atoms with Gasteiger partial charge in [0.05, 0.1) is 19.9 Å². The highest BCUT2D eigenvalue weighted by atomic mass is 16.5. The van der Waals surface area contributed by atoms with Gasteiger partial charge in [0, 0.05) is 18.7 Å². The van der Waals surface area contributed by atoms with Gasteiger partial charge in [-0.1, -0.05) is 6.07 Å². The summed E-state index contributed by atoms with van der Waals surface area (Å²) in [7, 11) is 4.68. The maximum Gasteiger partial charge on any atom is 0.264 e. The van der Waals surface area contributed by atoms with Gasteiger partial charge in [-0.15, -0.1) is 0 Å². The Morgan fingerprint density at radius 2 is 1.84 bits per heavy atom. The van der Waals surface area contributed by atoms with Crippen LogP contribution >= 0.6 is 0 Å². The molecule has 1 N–H and O–H groups in total. The van der Waals surface area contributed by atoms with Crippen LogP contribution in [-0.2, 0) is 4.79 Å². The van der Waals surface area contributed by atoms with Crippen LogP contribution in [0.15, 0.2) is 36.4 Å². The predicted molar refractivity (Wildman–Crippen MR) is 92.8 cm³/mol. The first-order valence-corrected chi connectivity index (χ1v) is 7.60. The Morgan fingerprint density at radius 3 is 2.48 bits per heavy atom. The van der Waals surface area contributed by atoms with Crippen molar-refractivity contribution in [3.63, 3.8) is 0 Å². The van der Waals surface area contributed by atoms with E-state index in [9.17, 15) is 9.59 Å². The van der Waals surface area contributed by atoms with Crippen molar-refractivity contribution in [2.45, 2.75) is 0 Å². The molecule has 0 unspecified atom stereocenters. The number of nitrogens with zero attached hydrogens (tertiary/aromatic N) is 1. The molecule has 7 heteroatoms. The molecule has 1 heterocycles. The fourth-order valence-electron chi connectivity index (χ4n) is 2.58. The number of nitrogens with one attached hydrogen (secondary N) is 1. The molecule has 0 saturated heterocycles. The average Bonchev–Trinajstić information content (AvgIpc) is 2.64. The van der Waals surface area contributed by atoms with E-state index in [0.29, 0.717) is 34.2 Å². The Kier molecular flexibility index (Phi) is 4.47. The molecule has 2 aromatic rings. The van der Waals surface area contributed by atoms with Gasteiger partial charge in [0.2, 0.25) is 0 Å². The number of anilines is 2. The lowest BCUT2D eigenvalue weighted by molar-refractivity contribution is -0.120. The van der Waals surface area contributed by atoms with Gasteiger partial charge in [-0.05, 0) is 24.3 Å². The maximum atomic E-state index is 12.7. The lowest BCUT2D eigenvalue weighted by Gasteiger charge is -2.28. The Balaban J connectivity index is 1.94. The molecule has 25 heavy (non-hydrogen) atoms. The van der Waals surface area contributed by atoms with E-state index in [-0.39, 0.29) is 18.4 Å². The lowest BCUT2D eigenvalue weighted by atomic mass is 10.1. The van der Waals surface area contributed by atoms with Crippen molar-refractivity contribution in [2.24, 2.45) is 0 Å². The summed E-state index contributed by atoms with van der Waals surface area (Å²) in [5.41, 5.74) is 1.39. The summed E-state index contributed by atoms with van der Waals surface area (Å²) < 4.78 is 15.8. The monoisotopic (exact) mass is 342 g/mol. The van der Waals surface area contributed by atoms with Gasteiger partial charge in [-0.2, -0.15) is 0 Å². The van der Waals surface area contributed by atoms with E-state index in [0.717, 1.165) is 0 Å². The summed E-state index contributed by atoms with van der Waals surface area (Å²) >= 11 is 0. The van der Waals surface area contributed by atoms with Crippen molar-refractivity contribution in [1.82, 2.24) is 0 Å². The maximum absolute atomic E-state index is 12.7.